The summed E-state index contributed by atoms with van der Waals surface area (Å²) in [5.74, 6) is 0.704. The van der Waals surface area contributed by atoms with E-state index < -0.39 is 10.0 Å². The Bertz CT molecular complexity index is 1050. The fourth-order valence-corrected chi connectivity index (χ4v) is 3.91. The monoisotopic (exact) mass is 407 g/mol. The van der Waals surface area contributed by atoms with Gasteiger partial charge in [-0.1, -0.05) is 23.7 Å². The predicted molar refractivity (Wildman–Crippen MR) is 103 cm³/mol. The third-order valence-electron chi connectivity index (χ3n) is 3.79. The Morgan fingerprint density at radius 2 is 1.96 bits per heavy atom. The molecule has 0 aliphatic heterocycles. The minimum Gasteiger partial charge on any atom is -0.497 e. The lowest BCUT2D eigenvalue weighted by Crippen LogP contribution is -2.14. The number of halogens is 1. The maximum atomic E-state index is 12.8. The summed E-state index contributed by atoms with van der Waals surface area (Å²) < 4.78 is 40.1. The molecule has 0 radical (unpaired) electrons. The average molecular weight is 408 g/mol. The van der Waals surface area contributed by atoms with Crippen LogP contribution >= 0.6 is 11.6 Å². The van der Waals surface area contributed by atoms with Gasteiger partial charge in [-0.3, -0.25) is 9.40 Å². The topological polar surface area (TPSA) is 82.5 Å². The molecule has 0 aliphatic carbocycles. The largest absolute Gasteiger partial charge is 0.497 e. The molecule has 3 rings (SSSR count). The molecule has 3 aromatic rings. The molecule has 0 saturated carbocycles. The van der Waals surface area contributed by atoms with E-state index in [-0.39, 0.29) is 10.6 Å². The van der Waals surface area contributed by atoms with E-state index in [1.165, 1.54) is 26.4 Å². The molecule has 9 heteroatoms. The second-order valence-corrected chi connectivity index (χ2v) is 7.77. The first-order chi connectivity index (χ1) is 12.9. The van der Waals surface area contributed by atoms with Crippen molar-refractivity contribution in [3.05, 3.63) is 65.4 Å². The first-order valence-corrected chi connectivity index (χ1v) is 9.79. The highest BCUT2D eigenvalue weighted by Gasteiger charge is 2.20. The van der Waals surface area contributed by atoms with Gasteiger partial charge in [0.05, 0.1) is 32.0 Å². The zero-order chi connectivity index (χ0) is 19.4. The number of hydrogen-bond acceptors (Lipinski definition) is 5. The van der Waals surface area contributed by atoms with Crippen LogP contribution in [0.3, 0.4) is 0 Å². The highest BCUT2D eigenvalue weighted by molar-refractivity contribution is 7.92. The van der Waals surface area contributed by atoms with Gasteiger partial charge in [0.25, 0.3) is 10.0 Å². The van der Waals surface area contributed by atoms with E-state index in [0.29, 0.717) is 23.0 Å². The summed E-state index contributed by atoms with van der Waals surface area (Å²) in [5, 5.41) is 4.66. The number of rotatable bonds is 7. The molecule has 0 amide bonds. The van der Waals surface area contributed by atoms with Crippen molar-refractivity contribution >= 4 is 27.3 Å². The smallest absolute Gasteiger partial charge is 0.265 e. The van der Waals surface area contributed by atoms with Crippen LogP contribution in [0.5, 0.6) is 11.5 Å². The van der Waals surface area contributed by atoms with Crippen molar-refractivity contribution in [3.63, 3.8) is 0 Å². The van der Waals surface area contributed by atoms with Crippen LogP contribution in [-0.2, 0) is 16.6 Å². The summed E-state index contributed by atoms with van der Waals surface area (Å²) in [7, 11) is -0.935. The van der Waals surface area contributed by atoms with Crippen LogP contribution in [0.1, 0.15) is 5.56 Å². The highest BCUT2D eigenvalue weighted by atomic mass is 35.5. The minimum absolute atomic E-state index is 0.0232. The van der Waals surface area contributed by atoms with Crippen molar-refractivity contribution in [1.29, 1.82) is 0 Å². The fourth-order valence-electron chi connectivity index (χ4n) is 2.55. The van der Waals surface area contributed by atoms with Gasteiger partial charge in [0.2, 0.25) is 0 Å². The molecule has 0 aliphatic rings. The van der Waals surface area contributed by atoms with E-state index in [0.717, 1.165) is 5.56 Å². The van der Waals surface area contributed by atoms with Crippen LogP contribution in [0, 0.1) is 0 Å². The molecule has 0 saturated heterocycles. The van der Waals surface area contributed by atoms with Gasteiger partial charge in [0.15, 0.2) is 0 Å². The van der Waals surface area contributed by atoms with Crippen LogP contribution in [-0.4, -0.2) is 32.4 Å². The van der Waals surface area contributed by atoms with Crippen molar-refractivity contribution in [2.24, 2.45) is 0 Å². The zero-order valence-corrected chi connectivity index (χ0v) is 16.3. The number of nitrogens with zero attached hydrogens (tertiary/aromatic N) is 2. The second kappa shape index (κ2) is 7.89. The van der Waals surface area contributed by atoms with Crippen LogP contribution < -0.4 is 14.2 Å². The maximum absolute atomic E-state index is 12.8. The summed E-state index contributed by atoms with van der Waals surface area (Å²) in [6.07, 6.45) is 3.24. The van der Waals surface area contributed by atoms with E-state index in [2.05, 4.69) is 9.82 Å². The molecule has 0 spiro atoms. The third-order valence-corrected chi connectivity index (χ3v) is 5.40. The number of benzene rings is 2. The van der Waals surface area contributed by atoms with Gasteiger partial charge in [-0.2, -0.15) is 5.10 Å². The van der Waals surface area contributed by atoms with Gasteiger partial charge < -0.3 is 9.47 Å². The Balaban J connectivity index is 1.85. The molecule has 0 fully saturated rings. The number of methoxy groups -OCH3 is 2. The Morgan fingerprint density at radius 3 is 2.63 bits per heavy atom. The molecule has 0 unspecified atom stereocenters. The van der Waals surface area contributed by atoms with E-state index in [9.17, 15) is 8.42 Å². The lowest BCUT2D eigenvalue weighted by atomic mass is 10.2. The molecule has 0 atom stereocenters. The number of nitrogens with one attached hydrogen (secondary N) is 1. The van der Waals surface area contributed by atoms with Gasteiger partial charge in [-0.25, -0.2) is 8.42 Å². The highest BCUT2D eigenvalue weighted by Crippen LogP contribution is 2.30. The van der Waals surface area contributed by atoms with Gasteiger partial charge in [0.1, 0.15) is 16.4 Å². The molecule has 1 heterocycles. The Labute approximate surface area is 162 Å². The van der Waals surface area contributed by atoms with Crippen LogP contribution in [0.15, 0.2) is 59.8 Å². The first-order valence-electron chi connectivity index (χ1n) is 7.93. The molecule has 27 heavy (non-hydrogen) atoms. The number of hydrogen-bond donors (Lipinski definition) is 1. The summed E-state index contributed by atoms with van der Waals surface area (Å²) in [5.41, 5.74) is 1.31. The number of aromatic nitrogens is 2. The summed E-state index contributed by atoms with van der Waals surface area (Å²) in [4.78, 5) is 0.0232. The lowest BCUT2D eigenvalue weighted by Gasteiger charge is -2.13. The molecule has 7 nitrogen and oxygen atoms in total. The van der Waals surface area contributed by atoms with Gasteiger partial charge in [-0.15, -0.1) is 0 Å². The summed E-state index contributed by atoms with van der Waals surface area (Å²) in [6.45, 7) is 0.466. The van der Waals surface area contributed by atoms with Crippen LogP contribution in [0.2, 0.25) is 5.02 Å². The maximum Gasteiger partial charge on any atom is 0.265 e. The van der Waals surface area contributed by atoms with Gasteiger partial charge in [0, 0.05) is 18.0 Å². The van der Waals surface area contributed by atoms with Crippen molar-refractivity contribution in [2.45, 2.75) is 11.4 Å². The van der Waals surface area contributed by atoms with E-state index >= 15 is 0 Å². The number of anilines is 1. The van der Waals surface area contributed by atoms with Crippen LogP contribution in [0.25, 0.3) is 0 Å². The molecule has 1 N–H and O–H groups in total. The molecule has 1 aromatic heterocycles. The van der Waals surface area contributed by atoms with E-state index in [1.54, 1.807) is 41.3 Å². The Hall–Kier alpha value is -2.71. The molecular weight excluding hydrogens is 390 g/mol. The molecular formula is C18H18ClN3O4S. The van der Waals surface area contributed by atoms with Crippen molar-refractivity contribution in [1.82, 2.24) is 9.78 Å². The Kier molecular flexibility index (Phi) is 5.57. The molecule has 2 aromatic carbocycles. The third kappa shape index (κ3) is 4.53. The standard InChI is InChI=1S/C18H18ClN3O4S/c1-25-16-6-7-18(17(9-16)26-2)27(23,24)21-15-5-3-4-13(8-15)11-22-12-14(19)10-20-22/h3-10,12,21H,11H2,1-2H3. The second-order valence-electron chi connectivity index (χ2n) is 5.68. The van der Waals surface area contributed by atoms with Gasteiger partial charge in [-0.05, 0) is 29.8 Å². The average Bonchev–Trinajstić information content (AvgIpc) is 3.05. The Morgan fingerprint density at radius 1 is 1.15 bits per heavy atom. The van der Waals surface area contributed by atoms with Crippen LogP contribution in [0.4, 0.5) is 5.69 Å². The lowest BCUT2D eigenvalue weighted by molar-refractivity contribution is 0.386. The van der Waals surface area contributed by atoms with Crippen molar-refractivity contribution in [2.75, 3.05) is 18.9 Å². The number of sulfonamides is 1. The van der Waals surface area contributed by atoms with Crippen molar-refractivity contribution < 1.29 is 17.9 Å². The molecule has 142 valence electrons. The van der Waals surface area contributed by atoms with E-state index in [1.807, 2.05) is 6.07 Å². The first kappa shape index (κ1) is 19.1. The minimum atomic E-state index is -3.84. The number of ether oxygens (including phenoxy) is 2. The molecule has 0 bridgehead atoms. The zero-order valence-electron chi connectivity index (χ0n) is 14.7. The van der Waals surface area contributed by atoms with Crippen molar-refractivity contribution in [3.8, 4) is 11.5 Å². The van der Waals surface area contributed by atoms with E-state index in [4.69, 9.17) is 21.1 Å². The van der Waals surface area contributed by atoms with Gasteiger partial charge >= 0.3 is 0 Å². The normalized spacial score (nSPS) is 11.2. The predicted octanol–water partition coefficient (Wildman–Crippen LogP) is 3.40. The fraction of sp³-hybridized carbons (Fsp3) is 0.167. The summed E-state index contributed by atoms with van der Waals surface area (Å²) in [6, 6.07) is 11.6. The quantitative estimate of drug-likeness (QED) is 0.649. The SMILES string of the molecule is COc1ccc(S(=O)(=O)Nc2cccc(Cn3cc(Cl)cn3)c2)c(OC)c1. The summed E-state index contributed by atoms with van der Waals surface area (Å²) >= 11 is 5.87.